The van der Waals surface area contributed by atoms with Crippen LogP contribution in [0.5, 0.6) is 0 Å². The van der Waals surface area contributed by atoms with Crippen LogP contribution in [0.2, 0.25) is 0 Å². The highest BCUT2D eigenvalue weighted by atomic mass is 16.5. The molecule has 0 unspecified atom stereocenters. The molecule has 0 amide bonds. The third kappa shape index (κ3) is 1.58. The Morgan fingerprint density at radius 3 is 2.45 bits per heavy atom. The molecule has 0 radical (unpaired) electrons. The number of hydrogen-bond donors (Lipinski definition) is 0. The van der Waals surface area contributed by atoms with Crippen molar-refractivity contribution in [2.75, 3.05) is 0 Å². The molecule has 1 heterocycles. The topological polar surface area (TPSA) is 30.4 Å². The van der Waals surface area contributed by atoms with E-state index in [0.29, 0.717) is 5.82 Å². The van der Waals surface area contributed by atoms with Crippen LogP contribution in [0.15, 0.2) is 10.6 Å². The average Bonchev–Trinajstić information content (AvgIpc) is 2.32. The molecule has 3 nitrogen and oxygen atoms in total. The minimum Gasteiger partial charge on any atom is -0.357 e. The van der Waals surface area contributed by atoms with Crippen molar-refractivity contribution in [1.82, 2.24) is 5.16 Å². The van der Waals surface area contributed by atoms with E-state index in [2.05, 4.69) is 10.0 Å². The van der Waals surface area contributed by atoms with Gasteiger partial charge in [-0.2, -0.15) is 0 Å². The molecule has 1 aromatic rings. The molecular formula is C8H10N2O. The van der Waals surface area contributed by atoms with Crippen molar-refractivity contribution in [2.45, 2.75) is 26.2 Å². The van der Waals surface area contributed by atoms with Crippen LogP contribution in [-0.2, 0) is 5.41 Å². The molecule has 0 aliphatic heterocycles. The number of nitrogens with zero attached hydrogens (tertiary/aromatic N) is 2. The summed E-state index contributed by atoms with van der Waals surface area (Å²) >= 11 is 0. The first kappa shape index (κ1) is 7.80. The van der Waals surface area contributed by atoms with Gasteiger partial charge in [-0.3, -0.25) is 4.52 Å². The van der Waals surface area contributed by atoms with Gasteiger partial charge in [-0.15, -0.1) is 0 Å². The van der Waals surface area contributed by atoms with Gasteiger partial charge >= 0.3 is 5.82 Å². The molecule has 0 saturated carbocycles. The van der Waals surface area contributed by atoms with Crippen LogP contribution in [0, 0.1) is 6.57 Å². The van der Waals surface area contributed by atoms with Crippen LogP contribution in [0.3, 0.4) is 0 Å². The fourth-order valence-corrected chi connectivity index (χ4v) is 0.672. The van der Waals surface area contributed by atoms with Gasteiger partial charge in [-0.05, 0) is 0 Å². The van der Waals surface area contributed by atoms with Gasteiger partial charge in [0.15, 0.2) is 5.76 Å². The van der Waals surface area contributed by atoms with Gasteiger partial charge < -0.3 is 4.85 Å². The van der Waals surface area contributed by atoms with Crippen LogP contribution < -0.4 is 0 Å². The van der Waals surface area contributed by atoms with Crippen LogP contribution in [0.4, 0.5) is 5.82 Å². The van der Waals surface area contributed by atoms with E-state index >= 15 is 0 Å². The van der Waals surface area contributed by atoms with Gasteiger partial charge in [0.05, 0.1) is 5.16 Å². The van der Waals surface area contributed by atoms with Gasteiger partial charge in [0, 0.05) is 11.5 Å². The van der Waals surface area contributed by atoms with E-state index in [1.807, 2.05) is 20.8 Å². The second kappa shape index (κ2) is 2.39. The van der Waals surface area contributed by atoms with Crippen molar-refractivity contribution in [2.24, 2.45) is 0 Å². The number of rotatable bonds is 0. The van der Waals surface area contributed by atoms with E-state index in [0.717, 1.165) is 5.76 Å². The minimum atomic E-state index is -0.0596. The second-order valence-electron chi connectivity index (χ2n) is 3.41. The highest BCUT2D eigenvalue weighted by Gasteiger charge is 2.20. The Morgan fingerprint density at radius 1 is 1.55 bits per heavy atom. The van der Waals surface area contributed by atoms with E-state index in [4.69, 9.17) is 11.1 Å². The molecule has 11 heavy (non-hydrogen) atoms. The first-order valence-corrected chi connectivity index (χ1v) is 3.38. The van der Waals surface area contributed by atoms with Crippen molar-refractivity contribution < 1.29 is 4.52 Å². The van der Waals surface area contributed by atoms with E-state index in [1.54, 1.807) is 6.07 Å². The third-order valence-electron chi connectivity index (χ3n) is 1.35. The normalized spacial score (nSPS) is 11.1. The Morgan fingerprint density at radius 2 is 2.18 bits per heavy atom. The summed E-state index contributed by atoms with van der Waals surface area (Å²) in [6.45, 7) is 12.7. The minimum absolute atomic E-state index is 0.0596. The SMILES string of the molecule is [C-]#[N+]c1cc(C(C)(C)C)on1. The quantitative estimate of drug-likeness (QED) is 0.532. The van der Waals surface area contributed by atoms with E-state index in [9.17, 15) is 0 Å². The molecule has 3 heteroatoms. The first-order valence-electron chi connectivity index (χ1n) is 3.38. The Kier molecular flexibility index (Phi) is 1.69. The number of aromatic nitrogens is 1. The molecule has 58 valence electrons. The second-order valence-corrected chi connectivity index (χ2v) is 3.41. The molecule has 0 saturated heterocycles. The Hall–Kier alpha value is -1.30. The summed E-state index contributed by atoms with van der Waals surface area (Å²) in [6.07, 6.45) is 0. The molecule has 0 aliphatic rings. The Balaban J connectivity index is 3.01. The largest absolute Gasteiger partial charge is 0.357 e. The predicted molar refractivity (Wildman–Crippen MR) is 41.5 cm³/mol. The average molecular weight is 150 g/mol. The molecule has 0 fully saturated rings. The Labute approximate surface area is 65.8 Å². The lowest BCUT2D eigenvalue weighted by Crippen LogP contribution is -2.08. The van der Waals surface area contributed by atoms with Gasteiger partial charge in [0.2, 0.25) is 0 Å². The van der Waals surface area contributed by atoms with Crippen molar-refractivity contribution in [3.8, 4) is 0 Å². The summed E-state index contributed by atoms with van der Waals surface area (Å²) in [5, 5.41) is 3.57. The molecule has 1 rings (SSSR count). The summed E-state index contributed by atoms with van der Waals surface area (Å²) in [5.74, 6) is 1.08. The Bertz CT molecular complexity index is 288. The number of hydrogen-bond acceptors (Lipinski definition) is 2. The van der Waals surface area contributed by atoms with Gasteiger partial charge in [-0.25, -0.2) is 0 Å². The molecule has 0 spiro atoms. The molecule has 0 aliphatic carbocycles. The van der Waals surface area contributed by atoms with Crippen molar-refractivity contribution >= 4 is 5.82 Å². The maximum Gasteiger partial charge on any atom is 0.318 e. The van der Waals surface area contributed by atoms with Gasteiger partial charge in [-0.1, -0.05) is 27.3 Å². The zero-order valence-electron chi connectivity index (χ0n) is 6.88. The standard InChI is InChI=1S/C8H10N2O/c1-8(2,3)6-5-7(9-4)10-11-6/h5H,1-3H3. The molecule has 0 bridgehead atoms. The molecule has 1 aromatic heterocycles. The first-order chi connectivity index (χ1) is 5.04. The monoisotopic (exact) mass is 150 g/mol. The fourth-order valence-electron chi connectivity index (χ4n) is 0.672. The van der Waals surface area contributed by atoms with E-state index < -0.39 is 0 Å². The van der Waals surface area contributed by atoms with Crippen LogP contribution >= 0.6 is 0 Å². The van der Waals surface area contributed by atoms with Gasteiger partial charge in [0.25, 0.3) is 0 Å². The maximum atomic E-state index is 6.66. The molecule has 0 N–H and O–H groups in total. The smallest absolute Gasteiger partial charge is 0.318 e. The molecule has 0 aromatic carbocycles. The zero-order chi connectivity index (χ0) is 8.48. The van der Waals surface area contributed by atoms with Crippen molar-refractivity contribution in [3.05, 3.63) is 23.2 Å². The third-order valence-corrected chi connectivity index (χ3v) is 1.35. The lowest BCUT2D eigenvalue weighted by Gasteiger charge is -2.11. The van der Waals surface area contributed by atoms with Gasteiger partial charge in [0.1, 0.15) is 0 Å². The highest BCUT2D eigenvalue weighted by Crippen LogP contribution is 2.25. The lowest BCUT2D eigenvalue weighted by atomic mass is 9.93. The van der Waals surface area contributed by atoms with E-state index in [1.165, 1.54) is 0 Å². The van der Waals surface area contributed by atoms with E-state index in [-0.39, 0.29) is 5.41 Å². The van der Waals surface area contributed by atoms with Crippen molar-refractivity contribution in [1.29, 1.82) is 0 Å². The molecular weight excluding hydrogens is 140 g/mol. The van der Waals surface area contributed by atoms with Crippen LogP contribution in [-0.4, -0.2) is 5.16 Å². The van der Waals surface area contributed by atoms with Crippen LogP contribution in [0.25, 0.3) is 4.85 Å². The maximum absolute atomic E-state index is 6.66. The summed E-state index contributed by atoms with van der Waals surface area (Å²) in [4.78, 5) is 3.15. The highest BCUT2D eigenvalue weighted by molar-refractivity contribution is 5.36. The summed E-state index contributed by atoms with van der Waals surface area (Å²) in [7, 11) is 0. The summed E-state index contributed by atoms with van der Waals surface area (Å²) < 4.78 is 4.96. The van der Waals surface area contributed by atoms with Crippen LogP contribution in [0.1, 0.15) is 26.5 Å². The zero-order valence-corrected chi connectivity index (χ0v) is 6.88. The van der Waals surface area contributed by atoms with Crippen molar-refractivity contribution in [3.63, 3.8) is 0 Å². The summed E-state index contributed by atoms with van der Waals surface area (Å²) in [6, 6.07) is 1.67. The summed E-state index contributed by atoms with van der Waals surface area (Å²) in [5.41, 5.74) is -0.0596. The predicted octanol–water partition coefficient (Wildman–Crippen LogP) is 2.52. The fraction of sp³-hybridized carbons (Fsp3) is 0.500. The lowest BCUT2D eigenvalue weighted by molar-refractivity contribution is 0.331. The molecule has 0 atom stereocenters.